The van der Waals surface area contributed by atoms with Gasteiger partial charge in [-0.2, -0.15) is 0 Å². The fourth-order valence-corrected chi connectivity index (χ4v) is 1.73. The first kappa shape index (κ1) is 8.67. The van der Waals surface area contributed by atoms with Crippen LogP contribution in [0.15, 0.2) is 0 Å². The summed E-state index contributed by atoms with van der Waals surface area (Å²) >= 11 is 1.31. The van der Waals surface area contributed by atoms with Crippen LogP contribution in [0.2, 0.25) is 0 Å². The van der Waals surface area contributed by atoms with Crippen LogP contribution >= 0.6 is 12.1 Å². The second-order valence-electron chi connectivity index (χ2n) is 2.55. The first-order valence-electron chi connectivity index (χ1n) is 3.76. The lowest BCUT2D eigenvalue weighted by atomic mass is 10.2. The molecule has 1 heterocycles. The van der Waals surface area contributed by atoms with Crippen LogP contribution in [-0.4, -0.2) is 23.4 Å². The van der Waals surface area contributed by atoms with Crippen molar-refractivity contribution >= 4 is 18.2 Å². The predicted octanol–water partition coefficient (Wildman–Crippen LogP) is 0.704. The first-order chi connectivity index (χ1) is 5.29. The van der Waals surface area contributed by atoms with Crippen molar-refractivity contribution in [3.8, 4) is 0 Å². The van der Waals surface area contributed by atoms with Crippen molar-refractivity contribution in [2.45, 2.75) is 19.3 Å². The van der Waals surface area contributed by atoms with Crippen LogP contribution in [0.5, 0.6) is 0 Å². The van der Waals surface area contributed by atoms with Gasteiger partial charge in [0.15, 0.2) is 0 Å². The van der Waals surface area contributed by atoms with Gasteiger partial charge in [-0.1, -0.05) is 6.42 Å². The van der Waals surface area contributed by atoms with Gasteiger partial charge in [-0.3, -0.25) is 4.72 Å². The Balaban J connectivity index is 2.09. The second-order valence-corrected chi connectivity index (χ2v) is 3.45. The Hall–Kier alpha value is -0.420. The van der Waals surface area contributed by atoms with E-state index in [1.54, 1.807) is 0 Å². The van der Waals surface area contributed by atoms with E-state index in [4.69, 9.17) is 5.73 Å². The minimum absolute atomic E-state index is 0.472. The topological polar surface area (TPSA) is 58.4 Å². The van der Waals surface area contributed by atoms with E-state index in [1.807, 2.05) is 0 Å². The molecule has 1 fully saturated rings. The molecule has 11 heavy (non-hydrogen) atoms. The summed E-state index contributed by atoms with van der Waals surface area (Å²) < 4.78 is 4.62. The lowest BCUT2D eigenvalue weighted by Crippen LogP contribution is -2.31. The maximum absolute atomic E-state index is 10.3. The molecule has 0 aromatic rings. The summed E-state index contributed by atoms with van der Waals surface area (Å²) in [5.74, 6) is 0. The molecular formula is C6H13N3OS. The van der Waals surface area contributed by atoms with E-state index in [1.165, 1.54) is 31.4 Å². The van der Waals surface area contributed by atoms with E-state index >= 15 is 0 Å². The third-order valence-electron chi connectivity index (χ3n) is 1.59. The molecule has 5 heteroatoms. The van der Waals surface area contributed by atoms with E-state index in [2.05, 4.69) is 9.03 Å². The van der Waals surface area contributed by atoms with E-state index < -0.39 is 6.03 Å². The Morgan fingerprint density at radius 1 is 1.36 bits per heavy atom. The molecule has 0 aromatic heterocycles. The van der Waals surface area contributed by atoms with Crippen molar-refractivity contribution < 1.29 is 4.79 Å². The number of hydrogen-bond acceptors (Lipinski definition) is 3. The molecule has 1 aliphatic heterocycles. The van der Waals surface area contributed by atoms with Crippen LogP contribution in [0.25, 0.3) is 0 Å². The molecule has 0 saturated carbocycles. The monoisotopic (exact) mass is 175 g/mol. The third kappa shape index (κ3) is 3.48. The fourth-order valence-electron chi connectivity index (χ4n) is 1.07. The van der Waals surface area contributed by atoms with E-state index in [0.29, 0.717) is 0 Å². The Morgan fingerprint density at radius 2 is 2.00 bits per heavy atom. The van der Waals surface area contributed by atoms with Gasteiger partial charge in [0, 0.05) is 25.2 Å². The van der Waals surface area contributed by atoms with Gasteiger partial charge in [0.25, 0.3) is 0 Å². The van der Waals surface area contributed by atoms with Gasteiger partial charge < -0.3 is 5.73 Å². The number of nitrogens with one attached hydrogen (secondary N) is 1. The third-order valence-corrected chi connectivity index (χ3v) is 2.51. The van der Waals surface area contributed by atoms with Gasteiger partial charge in [-0.05, 0) is 12.8 Å². The number of rotatable bonds is 2. The van der Waals surface area contributed by atoms with Crippen molar-refractivity contribution in [1.82, 2.24) is 9.03 Å². The van der Waals surface area contributed by atoms with Crippen LogP contribution in [0, 0.1) is 0 Å². The van der Waals surface area contributed by atoms with E-state index in [9.17, 15) is 4.79 Å². The molecule has 1 rings (SSSR count). The number of nitrogens with zero attached hydrogens (tertiary/aromatic N) is 1. The Labute approximate surface area is 70.8 Å². The minimum Gasteiger partial charge on any atom is -0.351 e. The molecule has 3 N–H and O–H groups in total. The van der Waals surface area contributed by atoms with Crippen LogP contribution < -0.4 is 10.5 Å². The molecule has 0 spiro atoms. The molecule has 2 amide bonds. The zero-order valence-corrected chi connectivity index (χ0v) is 7.19. The van der Waals surface area contributed by atoms with Crippen molar-refractivity contribution in [1.29, 1.82) is 0 Å². The number of nitrogens with two attached hydrogens (primary N) is 1. The highest BCUT2D eigenvalue weighted by molar-refractivity contribution is 7.95. The lowest BCUT2D eigenvalue weighted by Gasteiger charge is -2.23. The first-order valence-corrected chi connectivity index (χ1v) is 4.54. The van der Waals surface area contributed by atoms with E-state index in [0.717, 1.165) is 13.1 Å². The van der Waals surface area contributed by atoms with Crippen LogP contribution in [0.4, 0.5) is 4.79 Å². The molecule has 0 aliphatic carbocycles. The Morgan fingerprint density at radius 3 is 2.55 bits per heavy atom. The molecule has 4 nitrogen and oxygen atoms in total. The second kappa shape index (κ2) is 4.46. The standard InChI is InChI=1S/C6H13N3OS/c7-6(10)8-11-9-4-2-1-3-5-9/h1-5H2,(H3,7,8,10). The Kier molecular flexibility index (Phi) is 3.51. The summed E-state index contributed by atoms with van der Waals surface area (Å²) in [5.41, 5.74) is 4.91. The van der Waals surface area contributed by atoms with E-state index in [-0.39, 0.29) is 0 Å². The van der Waals surface area contributed by atoms with Crippen molar-refractivity contribution in [2.75, 3.05) is 13.1 Å². The molecular weight excluding hydrogens is 162 g/mol. The average molecular weight is 175 g/mol. The summed E-state index contributed by atoms with van der Waals surface area (Å²) in [7, 11) is 0. The summed E-state index contributed by atoms with van der Waals surface area (Å²) in [5, 5.41) is 0. The SMILES string of the molecule is NC(=O)NSN1CCCCC1. The molecule has 1 aliphatic rings. The largest absolute Gasteiger partial charge is 0.351 e. The van der Waals surface area contributed by atoms with Gasteiger partial charge in [0.05, 0.1) is 0 Å². The normalized spacial score (nSPS) is 19.6. The van der Waals surface area contributed by atoms with Crippen molar-refractivity contribution in [3.63, 3.8) is 0 Å². The maximum atomic E-state index is 10.3. The number of amides is 2. The highest BCUT2D eigenvalue weighted by Gasteiger charge is 2.10. The summed E-state index contributed by atoms with van der Waals surface area (Å²) in [6, 6.07) is -0.472. The average Bonchev–Trinajstić information content (AvgIpc) is 2.03. The van der Waals surface area contributed by atoms with Gasteiger partial charge in [-0.25, -0.2) is 9.10 Å². The number of carbonyl (C=O) groups is 1. The number of urea groups is 1. The zero-order chi connectivity index (χ0) is 8.10. The highest BCUT2D eigenvalue weighted by atomic mass is 32.2. The number of hydrogen-bond donors (Lipinski definition) is 2. The maximum Gasteiger partial charge on any atom is 0.323 e. The van der Waals surface area contributed by atoms with Gasteiger partial charge in [-0.15, -0.1) is 0 Å². The van der Waals surface area contributed by atoms with Crippen molar-refractivity contribution in [3.05, 3.63) is 0 Å². The zero-order valence-electron chi connectivity index (χ0n) is 6.38. The summed E-state index contributed by atoms with van der Waals surface area (Å²) in [4.78, 5) is 10.3. The van der Waals surface area contributed by atoms with Crippen LogP contribution in [0.1, 0.15) is 19.3 Å². The highest BCUT2D eigenvalue weighted by Crippen LogP contribution is 2.14. The fraction of sp³-hybridized carbons (Fsp3) is 0.833. The summed E-state index contributed by atoms with van der Waals surface area (Å²) in [6.45, 7) is 2.09. The molecule has 64 valence electrons. The molecule has 0 bridgehead atoms. The van der Waals surface area contributed by atoms with Gasteiger partial charge in [0.2, 0.25) is 0 Å². The van der Waals surface area contributed by atoms with Crippen LogP contribution in [-0.2, 0) is 0 Å². The smallest absolute Gasteiger partial charge is 0.323 e. The minimum atomic E-state index is -0.472. The molecule has 0 atom stereocenters. The quantitative estimate of drug-likeness (QED) is 0.607. The number of carbonyl (C=O) groups excluding carboxylic acids is 1. The number of primary amides is 1. The number of piperidine rings is 1. The molecule has 0 radical (unpaired) electrons. The Bertz CT molecular complexity index is 136. The van der Waals surface area contributed by atoms with Gasteiger partial charge >= 0.3 is 6.03 Å². The summed E-state index contributed by atoms with van der Waals surface area (Å²) in [6.07, 6.45) is 3.73. The molecule has 0 aromatic carbocycles. The van der Waals surface area contributed by atoms with Crippen LogP contribution in [0.3, 0.4) is 0 Å². The predicted molar refractivity (Wildman–Crippen MR) is 45.7 cm³/mol. The van der Waals surface area contributed by atoms with Gasteiger partial charge in [0.1, 0.15) is 0 Å². The lowest BCUT2D eigenvalue weighted by molar-refractivity contribution is 0.253. The molecule has 1 saturated heterocycles. The van der Waals surface area contributed by atoms with Crippen molar-refractivity contribution in [2.24, 2.45) is 5.73 Å². The molecule has 0 unspecified atom stereocenters.